The number of hydrogen-bond acceptors (Lipinski definition) is 3. The van der Waals surface area contributed by atoms with Crippen molar-refractivity contribution in [3.63, 3.8) is 0 Å². The molecule has 0 saturated carbocycles. The van der Waals surface area contributed by atoms with Gasteiger partial charge in [-0.15, -0.1) is 0 Å². The molecule has 0 bridgehead atoms. The summed E-state index contributed by atoms with van der Waals surface area (Å²) in [7, 11) is 1.45. The van der Waals surface area contributed by atoms with Gasteiger partial charge in [-0.05, 0) is 12.1 Å². The highest BCUT2D eigenvalue weighted by Crippen LogP contribution is 2.18. The normalized spacial score (nSPS) is 13.4. The quantitative estimate of drug-likeness (QED) is 0.781. The molecule has 0 aliphatic carbocycles. The van der Waals surface area contributed by atoms with Crippen LogP contribution < -0.4 is 4.74 Å². The van der Waals surface area contributed by atoms with Crippen LogP contribution in [0.2, 0.25) is 0 Å². The van der Waals surface area contributed by atoms with Gasteiger partial charge in [-0.25, -0.2) is 17.2 Å². The van der Waals surface area contributed by atoms with E-state index in [1.807, 2.05) is 0 Å². The molecule has 3 nitrogen and oxygen atoms in total. The van der Waals surface area contributed by atoms with Crippen LogP contribution in [0.1, 0.15) is 6.92 Å². The van der Waals surface area contributed by atoms with Gasteiger partial charge < -0.3 is 4.74 Å². The van der Waals surface area contributed by atoms with Gasteiger partial charge in [-0.3, -0.25) is 0 Å². The van der Waals surface area contributed by atoms with Crippen molar-refractivity contribution in [1.29, 1.82) is 0 Å². The Morgan fingerprint density at radius 1 is 1.41 bits per heavy atom. The summed E-state index contributed by atoms with van der Waals surface area (Å²) in [6.45, 7) is 1.58. The van der Waals surface area contributed by atoms with E-state index in [1.165, 1.54) is 0 Å². The molecule has 17 heavy (non-hydrogen) atoms. The van der Waals surface area contributed by atoms with Gasteiger partial charge in [0.2, 0.25) is 9.05 Å². The van der Waals surface area contributed by atoms with Gasteiger partial charge in [0.1, 0.15) is 5.82 Å². The molecule has 0 aliphatic heterocycles. The number of hydrogen-bond donors (Lipinski definition) is 0. The molecule has 1 rings (SSSR count). The average Bonchev–Trinajstić information content (AvgIpc) is 2.13. The summed E-state index contributed by atoms with van der Waals surface area (Å²) in [5.41, 5.74) is 0. The first-order valence-electron chi connectivity index (χ1n) is 4.78. The highest BCUT2D eigenvalue weighted by atomic mass is 35.7. The number of rotatable bonds is 5. The first kappa shape index (κ1) is 14.2. The Kier molecular flexibility index (Phi) is 4.70. The van der Waals surface area contributed by atoms with Crippen molar-refractivity contribution >= 4 is 19.7 Å². The molecule has 0 amide bonds. The van der Waals surface area contributed by atoms with E-state index in [-0.39, 0.29) is 24.0 Å². The van der Waals surface area contributed by atoms with E-state index in [1.54, 1.807) is 6.92 Å². The fraction of sp³-hybridized carbons (Fsp3) is 0.400. The predicted octanol–water partition coefficient (Wildman–Crippen LogP) is 2.55. The van der Waals surface area contributed by atoms with Crippen molar-refractivity contribution in [2.45, 2.75) is 6.92 Å². The summed E-state index contributed by atoms with van der Waals surface area (Å²) in [6.07, 6.45) is 0. The van der Waals surface area contributed by atoms with Crippen LogP contribution in [0.25, 0.3) is 0 Å². The number of halogens is 3. The maximum atomic E-state index is 13.1. The smallest absolute Gasteiger partial charge is 0.232 e. The van der Waals surface area contributed by atoms with Crippen LogP contribution in [0.5, 0.6) is 5.75 Å². The van der Waals surface area contributed by atoms with E-state index < -0.39 is 20.7 Å². The maximum Gasteiger partial charge on any atom is 0.232 e. The summed E-state index contributed by atoms with van der Waals surface area (Å²) >= 11 is 0. The molecule has 0 saturated heterocycles. The summed E-state index contributed by atoms with van der Waals surface area (Å²) in [4.78, 5) is 0. The van der Waals surface area contributed by atoms with Crippen molar-refractivity contribution in [3.05, 3.63) is 29.8 Å². The lowest BCUT2D eigenvalue weighted by atomic mass is 10.2. The third-order valence-corrected chi connectivity index (χ3v) is 3.25. The standard InChI is InChI=1S/C10H11ClF2O3S/c1-7(6-17(11,14)15)5-16-10-3-2-8(12)4-9(10)13/h2-4,7H,5-6H2,1H3. The summed E-state index contributed by atoms with van der Waals surface area (Å²) in [5.74, 6) is -2.30. The largest absolute Gasteiger partial charge is 0.490 e. The Labute approximate surface area is 103 Å². The SMILES string of the molecule is CC(COc1ccc(F)cc1F)CS(=O)(=O)Cl. The lowest BCUT2D eigenvalue weighted by Gasteiger charge is -2.11. The second kappa shape index (κ2) is 5.64. The van der Waals surface area contributed by atoms with Gasteiger partial charge in [0.05, 0.1) is 12.4 Å². The van der Waals surface area contributed by atoms with E-state index in [9.17, 15) is 17.2 Å². The zero-order chi connectivity index (χ0) is 13.1. The number of ether oxygens (including phenoxy) is 1. The third kappa shape index (κ3) is 5.32. The van der Waals surface area contributed by atoms with Crippen LogP contribution in [0.3, 0.4) is 0 Å². The molecule has 96 valence electrons. The summed E-state index contributed by atoms with van der Waals surface area (Å²) in [5, 5.41) is 0. The zero-order valence-electron chi connectivity index (χ0n) is 8.99. The summed E-state index contributed by atoms with van der Waals surface area (Å²) in [6, 6.07) is 2.90. The zero-order valence-corrected chi connectivity index (χ0v) is 10.6. The van der Waals surface area contributed by atoms with E-state index in [0.29, 0.717) is 6.07 Å². The van der Waals surface area contributed by atoms with Crippen molar-refractivity contribution in [2.75, 3.05) is 12.4 Å². The molecular formula is C10H11ClF2O3S. The predicted molar refractivity (Wildman–Crippen MR) is 60.7 cm³/mol. The fourth-order valence-electron chi connectivity index (χ4n) is 1.21. The van der Waals surface area contributed by atoms with E-state index in [4.69, 9.17) is 15.4 Å². The molecule has 1 aromatic carbocycles. The topological polar surface area (TPSA) is 43.4 Å². The average molecular weight is 285 g/mol. The Morgan fingerprint density at radius 2 is 2.06 bits per heavy atom. The molecule has 0 aliphatic rings. The van der Waals surface area contributed by atoms with Crippen LogP contribution in [0.15, 0.2) is 18.2 Å². The molecule has 0 N–H and O–H groups in total. The molecule has 0 fully saturated rings. The van der Waals surface area contributed by atoms with Crippen LogP contribution in [-0.2, 0) is 9.05 Å². The second-order valence-electron chi connectivity index (χ2n) is 3.70. The Balaban J connectivity index is 2.56. The Morgan fingerprint density at radius 3 is 2.59 bits per heavy atom. The Bertz CT molecular complexity index is 490. The summed E-state index contributed by atoms with van der Waals surface area (Å²) < 4.78 is 52.2. The van der Waals surface area contributed by atoms with Crippen molar-refractivity contribution in [1.82, 2.24) is 0 Å². The monoisotopic (exact) mass is 284 g/mol. The second-order valence-corrected chi connectivity index (χ2v) is 6.52. The highest BCUT2D eigenvalue weighted by molar-refractivity contribution is 8.13. The van der Waals surface area contributed by atoms with Crippen LogP contribution >= 0.6 is 10.7 Å². The highest BCUT2D eigenvalue weighted by Gasteiger charge is 2.14. The first-order valence-corrected chi connectivity index (χ1v) is 7.26. The van der Waals surface area contributed by atoms with Crippen LogP contribution in [0, 0.1) is 17.6 Å². The van der Waals surface area contributed by atoms with Crippen molar-refractivity contribution < 1.29 is 21.9 Å². The Hall–Kier alpha value is -0.880. The fourth-order valence-corrected chi connectivity index (χ4v) is 2.63. The van der Waals surface area contributed by atoms with Crippen LogP contribution in [-0.4, -0.2) is 20.8 Å². The molecule has 0 aromatic heterocycles. The van der Waals surface area contributed by atoms with E-state index in [2.05, 4.69) is 0 Å². The van der Waals surface area contributed by atoms with Crippen molar-refractivity contribution in [3.8, 4) is 5.75 Å². The molecule has 7 heteroatoms. The minimum atomic E-state index is -3.61. The lowest BCUT2D eigenvalue weighted by Crippen LogP contribution is -2.16. The lowest BCUT2D eigenvalue weighted by molar-refractivity contribution is 0.260. The molecule has 0 radical (unpaired) electrons. The van der Waals surface area contributed by atoms with Gasteiger partial charge in [0.25, 0.3) is 0 Å². The van der Waals surface area contributed by atoms with Gasteiger partial charge in [-0.2, -0.15) is 0 Å². The van der Waals surface area contributed by atoms with E-state index in [0.717, 1.165) is 12.1 Å². The van der Waals surface area contributed by atoms with Crippen LogP contribution in [0.4, 0.5) is 8.78 Å². The van der Waals surface area contributed by atoms with E-state index >= 15 is 0 Å². The van der Waals surface area contributed by atoms with Gasteiger partial charge in [-0.1, -0.05) is 6.92 Å². The molecule has 1 aromatic rings. The first-order chi connectivity index (χ1) is 7.78. The van der Waals surface area contributed by atoms with Crippen molar-refractivity contribution in [2.24, 2.45) is 5.92 Å². The van der Waals surface area contributed by atoms with Gasteiger partial charge >= 0.3 is 0 Å². The third-order valence-electron chi connectivity index (χ3n) is 1.90. The molecule has 1 unspecified atom stereocenters. The molecule has 0 heterocycles. The minimum absolute atomic E-state index is 0.0193. The van der Waals surface area contributed by atoms with Gasteiger partial charge in [0, 0.05) is 22.7 Å². The molecule has 1 atom stereocenters. The molecule has 0 spiro atoms. The number of benzene rings is 1. The maximum absolute atomic E-state index is 13.1. The minimum Gasteiger partial charge on any atom is -0.490 e. The molecular weight excluding hydrogens is 274 g/mol. The van der Waals surface area contributed by atoms with Gasteiger partial charge in [0.15, 0.2) is 11.6 Å².